The van der Waals surface area contributed by atoms with E-state index in [1.165, 1.54) is 0 Å². The maximum Gasteiger partial charge on any atom is 0.404 e. The molecule has 0 saturated heterocycles. The highest BCUT2D eigenvalue weighted by Crippen LogP contribution is 2.22. The molecule has 0 radical (unpaired) electrons. The van der Waals surface area contributed by atoms with Gasteiger partial charge in [-0.2, -0.15) is 0 Å². The SMILES string of the molecule is NC(=O)OCCNC(=O)c1cccc(N)c1Cl. The van der Waals surface area contributed by atoms with Gasteiger partial charge in [0, 0.05) is 0 Å². The van der Waals surface area contributed by atoms with Gasteiger partial charge in [0.1, 0.15) is 6.61 Å². The topological polar surface area (TPSA) is 107 Å². The Morgan fingerprint density at radius 2 is 2.12 bits per heavy atom. The van der Waals surface area contributed by atoms with Crippen molar-refractivity contribution >= 4 is 29.3 Å². The Hall–Kier alpha value is -1.95. The monoisotopic (exact) mass is 257 g/mol. The van der Waals surface area contributed by atoms with E-state index in [0.29, 0.717) is 5.69 Å². The van der Waals surface area contributed by atoms with E-state index in [4.69, 9.17) is 23.1 Å². The first-order valence-corrected chi connectivity index (χ1v) is 5.14. The summed E-state index contributed by atoms with van der Waals surface area (Å²) in [5.41, 5.74) is 10.9. The number of nitrogens with two attached hydrogens (primary N) is 2. The number of nitrogen functional groups attached to an aromatic ring is 1. The summed E-state index contributed by atoms with van der Waals surface area (Å²) in [5, 5.41) is 2.71. The molecule has 92 valence electrons. The van der Waals surface area contributed by atoms with Crippen molar-refractivity contribution in [1.29, 1.82) is 0 Å². The molecule has 0 unspecified atom stereocenters. The van der Waals surface area contributed by atoms with E-state index in [-0.39, 0.29) is 23.7 Å². The average molecular weight is 258 g/mol. The van der Waals surface area contributed by atoms with Gasteiger partial charge in [0.05, 0.1) is 22.8 Å². The van der Waals surface area contributed by atoms with Gasteiger partial charge in [-0.25, -0.2) is 4.79 Å². The van der Waals surface area contributed by atoms with Crippen LogP contribution in [-0.2, 0) is 4.74 Å². The van der Waals surface area contributed by atoms with Crippen molar-refractivity contribution in [3.05, 3.63) is 28.8 Å². The highest BCUT2D eigenvalue weighted by atomic mass is 35.5. The molecule has 0 aromatic heterocycles. The minimum atomic E-state index is -0.888. The molecule has 6 nitrogen and oxygen atoms in total. The van der Waals surface area contributed by atoms with Crippen molar-refractivity contribution in [2.24, 2.45) is 5.73 Å². The van der Waals surface area contributed by atoms with Gasteiger partial charge >= 0.3 is 6.09 Å². The van der Waals surface area contributed by atoms with Crippen LogP contribution in [0.2, 0.25) is 5.02 Å². The van der Waals surface area contributed by atoms with Gasteiger partial charge < -0.3 is 21.5 Å². The number of halogens is 1. The van der Waals surface area contributed by atoms with Crippen LogP contribution in [0.15, 0.2) is 18.2 Å². The maximum atomic E-state index is 11.6. The molecular formula is C10H12ClN3O3. The minimum Gasteiger partial charge on any atom is -0.448 e. The molecule has 0 heterocycles. The van der Waals surface area contributed by atoms with Gasteiger partial charge in [0.15, 0.2) is 0 Å². The number of ether oxygens (including phenoxy) is 1. The van der Waals surface area contributed by atoms with Crippen LogP contribution in [-0.4, -0.2) is 25.2 Å². The second kappa shape index (κ2) is 5.95. The van der Waals surface area contributed by atoms with E-state index < -0.39 is 12.0 Å². The van der Waals surface area contributed by atoms with E-state index in [0.717, 1.165) is 0 Å². The molecule has 0 aliphatic carbocycles. The van der Waals surface area contributed by atoms with Crippen molar-refractivity contribution in [3.63, 3.8) is 0 Å². The average Bonchev–Trinajstić information content (AvgIpc) is 2.27. The Labute approximate surface area is 103 Å². The smallest absolute Gasteiger partial charge is 0.404 e. The second-order valence-corrected chi connectivity index (χ2v) is 3.51. The third kappa shape index (κ3) is 3.84. The van der Waals surface area contributed by atoms with Crippen molar-refractivity contribution in [2.75, 3.05) is 18.9 Å². The summed E-state index contributed by atoms with van der Waals surface area (Å²) in [7, 11) is 0. The second-order valence-electron chi connectivity index (χ2n) is 3.13. The molecule has 1 aromatic rings. The fourth-order valence-electron chi connectivity index (χ4n) is 1.14. The predicted molar refractivity (Wildman–Crippen MR) is 63.7 cm³/mol. The number of anilines is 1. The fourth-order valence-corrected chi connectivity index (χ4v) is 1.35. The van der Waals surface area contributed by atoms with Crippen molar-refractivity contribution in [3.8, 4) is 0 Å². The number of carbonyl (C=O) groups is 2. The molecule has 1 aromatic carbocycles. The Kier molecular flexibility index (Phi) is 4.59. The summed E-state index contributed by atoms with van der Waals surface area (Å²) >= 11 is 5.86. The molecule has 0 aliphatic rings. The fraction of sp³-hybridized carbons (Fsp3) is 0.200. The molecule has 17 heavy (non-hydrogen) atoms. The minimum absolute atomic E-state index is 0.00100. The number of nitrogens with one attached hydrogen (secondary N) is 1. The lowest BCUT2D eigenvalue weighted by atomic mass is 10.2. The molecule has 0 fully saturated rings. The van der Waals surface area contributed by atoms with Crippen molar-refractivity contribution in [1.82, 2.24) is 5.32 Å². The molecule has 0 saturated carbocycles. The molecule has 1 rings (SSSR count). The quantitative estimate of drug-likeness (QED) is 0.546. The van der Waals surface area contributed by atoms with Crippen molar-refractivity contribution in [2.45, 2.75) is 0 Å². The van der Waals surface area contributed by atoms with E-state index >= 15 is 0 Å². The predicted octanol–water partition coefficient (Wildman–Crippen LogP) is 0.747. The normalized spacial score (nSPS) is 9.71. The molecule has 0 aliphatic heterocycles. The highest BCUT2D eigenvalue weighted by molar-refractivity contribution is 6.36. The van der Waals surface area contributed by atoms with Crippen LogP contribution in [0, 0.1) is 0 Å². The zero-order chi connectivity index (χ0) is 12.8. The number of amides is 2. The van der Waals surface area contributed by atoms with Crippen molar-refractivity contribution < 1.29 is 14.3 Å². The number of hydrogen-bond donors (Lipinski definition) is 3. The van der Waals surface area contributed by atoms with E-state index in [1.807, 2.05) is 0 Å². The molecule has 0 atom stereocenters. The van der Waals surface area contributed by atoms with Gasteiger partial charge in [-0.3, -0.25) is 4.79 Å². The van der Waals surface area contributed by atoms with E-state index in [2.05, 4.69) is 10.1 Å². The third-order valence-electron chi connectivity index (χ3n) is 1.91. The third-order valence-corrected chi connectivity index (χ3v) is 2.33. The lowest BCUT2D eigenvalue weighted by molar-refractivity contribution is 0.0937. The standard InChI is InChI=1S/C10H12ClN3O3/c11-8-6(2-1-3-7(8)12)9(15)14-4-5-17-10(13)16/h1-3H,4-5,12H2,(H2,13,16)(H,14,15). The molecule has 0 spiro atoms. The van der Waals surface area contributed by atoms with E-state index in [1.54, 1.807) is 18.2 Å². The molecule has 2 amide bonds. The summed E-state index contributed by atoms with van der Waals surface area (Å²) in [4.78, 5) is 21.9. The van der Waals surface area contributed by atoms with Crippen LogP contribution in [0.25, 0.3) is 0 Å². The highest BCUT2D eigenvalue weighted by Gasteiger charge is 2.11. The first kappa shape index (κ1) is 13.1. The molecule has 7 heteroatoms. The van der Waals surface area contributed by atoms with Gasteiger partial charge in [0.2, 0.25) is 0 Å². The number of carbonyl (C=O) groups excluding carboxylic acids is 2. The van der Waals surface area contributed by atoms with Crippen LogP contribution in [0.3, 0.4) is 0 Å². The number of benzene rings is 1. The maximum absolute atomic E-state index is 11.6. The van der Waals surface area contributed by atoms with Gasteiger partial charge in [-0.15, -0.1) is 0 Å². The Balaban J connectivity index is 2.53. The Morgan fingerprint density at radius 1 is 1.41 bits per heavy atom. The number of hydrogen-bond acceptors (Lipinski definition) is 4. The summed E-state index contributed by atoms with van der Waals surface area (Å²) < 4.78 is 4.45. The van der Waals surface area contributed by atoms with Gasteiger partial charge in [-0.1, -0.05) is 17.7 Å². The summed E-state index contributed by atoms with van der Waals surface area (Å²) in [5.74, 6) is -0.393. The zero-order valence-corrected chi connectivity index (χ0v) is 9.66. The number of primary amides is 1. The first-order chi connectivity index (χ1) is 8.02. The largest absolute Gasteiger partial charge is 0.448 e. The van der Waals surface area contributed by atoms with Crippen LogP contribution in [0.4, 0.5) is 10.5 Å². The number of rotatable bonds is 4. The van der Waals surface area contributed by atoms with Gasteiger partial charge in [-0.05, 0) is 12.1 Å². The van der Waals surface area contributed by atoms with Crippen LogP contribution in [0.5, 0.6) is 0 Å². The van der Waals surface area contributed by atoms with Crippen LogP contribution in [0.1, 0.15) is 10.4 Å². The summed E-state index contributed by atoms with van der Waals surface area (Å²) in [6.45, 7) is 0.147. The van der Waals surface area contributed by atoms with Crippen LogP contribution >= 0.6 is 11.6 Å². The lowest BCUT2D eigenvalue weighted by Crippen LogP contribution is -2.29. The molecular weight excluding hydrogens is 246 g/mol. The molecule has 0 bridgehead atoms. The summed E-state index contributed by atoms with van der Waals surface area (Å²) in [6, 6.07) is 4.76. The lowest BCUT2D eigenvalue weighted by Gasteiger charge is -2.07. The van der Waals surface area contributed by atoms with E-state index in [9.17, 15) is 9.59 Å². The van der Waals surface area contributed by atoms with Crippen LogP contribution < -0.4 is 16.8 Å². The molecule has 5 N–H and O–H groups in total. The van der Waals surface area contributed by atoms with Gasteiger partial charge in [0.25, 0.3) is 5.91 Å². The zero-order valence-electron chi connectivity index (χ0n) is 8.90. The first-order valence-electron chi connectivity index (χ1n) is 4.76. The Bertz CT molecular complexity index is 437. The summed E-state index contributed by atoms with van der Waals surface area (Å²) in [6.07, 6.45) is -0.888. The Morgan fingerprint density at radius 3 is 2.76 bits per heavy atom.